The molecule has 0 N–H and O–H groups in total. The number of methoxy groups -OCH3 is 1. The molecule has 18 heavy (non-hydrogen) atoms. The standard InChI is InChI=1S/C14H12ClNO2/c1-9-7-11(5-6-16-9)14(17)10-3-4-12(15)13(8-10)18-2/h3-8H,1-2H3. The highest BCUT2D eigenvalue weighted by atomic mass is 35.5. The second-order valence-corrected chi connectivity index (χ2v) is 4.27. The molecule has 0 amide bonds. The van der Waals surface area contributed by atoms with E-state index < -0.39 is 0 Å². The first kappa shape index (κ1) is 12.6. The van der Waals surface area contributed by atoms with Gasteiger partial charge in [-0.15, -0.1) is 0 Å². The molecule has 0 aliphatic rings. The lowest BCUT2D eigenvalue weighted by molar-refractivity contribution is 0.103. The van der Waals surface area contributed by atoms with Crippen molar-refractivity contribution in [1.82, 2.24) is 4.98 Å². The summed E-state index contributed by atoms with van der Waals surface area (Å²) < 4.78 is 5.10. The molecule has 0 aliphatic heterocycles. The topological polar surface area (TPSA) is 39.2 Å². The number of rotatable bonds is 3. The fourth-order valence-electron chi connectivity index (χ4n) is 1.65. The molecular weight excluding hydrogens is 250 g/mol. The van der Waals surface area contributed by atoms with Crippen LogP contribution in [-0.2, 0) is 0 Å². The summed E-state index contributed by atoms with van der Waals surface area (Å²) in [4.78, 5) is 16.3. The fraction of sp³-hybridized carbons (Fsp3) is 0.143. The SMILES string of the molecule is COc1cc(C(=O)c2ccnc(C)c2)ccc1Cl. The van der Waals surface area contributed by atoms with E-state index in [9.17, 15) is 4.79 Å². The summed E-state index contributed by atoms with van der Waals surface area (Å²) in [5.41, 5.74) is 1.95. The number of aryl methyl sites for hydroxylation is 1. The lowest BCUT2D eigenvalue weighted by atomic mass is 10.0. The molecule has 0 fully saturated rings. The third-order valence-corrected chi connectivity index (χ3v) is 2.88. The van der Waals surface area contributed by atoms with Gasteiger partial charge in [0.15, 0.2) is 5.78 Å². The van der Waals surface area contributed by atoms with Crippen LogP contribution < -0.4 is 4.74 Å². The number of benzene rings is 1. The zero-order valence-electron chi connectivity index (χ0n) is 10.1. The Balaban J connectivity index is 2.40. The summed E-state index contributed by atoms with van der Waals surface area (Å²) in [5, 5.41) is 0.486. The van der Waals surface area contributed by atoms with Crippen molar-refractivity contribution in [3.63, 3.8) is 0 Å². The molecule has 92 valence electrons. The minimum absolute atomic E-state index is 0.0736. The van der Waals surface area contributed by atoms with E-state index in [-0.39, 0.29) is 5.78 Å². The molecule has 2 rings (SSSR count). The molecule has 3 nitrogen and oxygen atoms in total. The van der Waals surface area contributed by atoms with Crippen LogP contribution in [0.1, 0.15) is 21.6 Å². The first-order valence-corrected chi connectivity index (χ1v) is 5.80. The fourth-order valence-corrected chi connectivity index (χ4v) is 1.85. The van der Waals surface area contributed by atoms with Crippen LogP contribution in [0.25, 0.3) is 0 Å². The highest BCUT2D eigenvalue weighted by molar-refractivity contribution is 6.32. The minimum Gasteiger partial charge on any atom is -0.495 e. The Kier molecular flexibility index (Phi) is 3.63. The predicted octanol–water partition coefficient (Wildman–Crippen LogP) is 3.28. The van der Waals surface area contributed by atoms with Crippen molar-refractivity contribution < 1.29 is 9.53 Å². The van der Waals surface area contributed by atoms with Gasteiger partial charge in [-0.05, 0) is 37.3 Å². The Hall–Kier alpha value is -1.87. The molecule has 0 unspecified atom stereocenters. The van der Waals surface area contributed by atoms with Gasteiger partial charge >= 0.3 is 0 Å². The second-order valence-electron chi connectivity index (χ2n) is 3.86. The monoisotopic (exact) mass is 261 g/mol. The maximum Gasteiger partial charge on any atom is 0.193 e. The predicted molar refractivity (Wildman–Crippen MR) is 70.4 cm³/mol. The zero-order chi connectivity index (χ0) is 13.1. The van der Waals surface area contributed by atoms with Crippen LogP contribution >= 0.6 is 11.6 Å². The van der Waals surface area contributed by atoms with E-state index in [0.29, 0.717) is 21.9 Å². The average molecular weight is 262 g/mol. The summed E-state index contributed by atoms with van der Waals surface area (Å²) in [6, 6.07) is 8.42. The van der Waals surface area contributed by atoms with Crippen molar-refractivity contribution >= 4 is 17.4 Å². The Labute approximate surface area is 110 Å². The molecule has 0 spiro atoms. The Morgan fingerprint density at radius 3 is 2.61 bits per heavy atom. The summed E-state index contributed by atoms with van der Waals surface area (Å²) in [6.07, 6.45) is 1.62. The molecule has 0 saturated heterocycles. The molecule has 0 atom stereocenters. The average Bonchev–Trinajstić information content (AvgIpc) is 2.38. The van der Waals surface area contributed by atoms with E-state index >= 15 is 0 Å². The number of hydrogen-bond donors (Lipinski definition) is 0. The molecule has 1 aromatic heterocycles. The summed E-state index contributed by atoms with van der Waals surface area (Å²) in [5.74, 6) is 0.420. The number of ketones is 1. The number of ether oxygens (including phenoxy) is 1. The number of nitrogens with zero attached hydrogens (tertiary/aromatic N) is 1. The maximum atomic E-state index is 12.3. The van der Waals surface area contributed by atoms with Gasteiger partial charge in [-0.1, -0.05) is 11.6 Å². The van der Waals surface area contributed by atoms with Gasteiger partial charge in [0.2, 0.25) is 0 Å². The highest BCUT2D eigenvalue weighted by Crippen LogP contribution is 2.26. The second kappa shape index (κ2) is 5.19. The number of halogens is 1. The molecule has 2 aromatic rings. The van der Waals surface area contributed by atoms with E-state index in [0.717, 1.165) is 5.69 Å². The third kappa shape index (κ3) is 2.51. The molecule has 0 saturated carbocycles. The van der Waals surface area contributed by atoms with Gasteiger partial charge in [0.25, 0.3) is 0 Å². The van der Waals surface area contributed by atoms with Crippen LogP contribution in [0.15, 0.2) is 36.5 Å². The Bertz CT molecular complexity index is 596. The molecule has 1 aromatic carbocycles. The maximum absolute atomic E-state index is 12.3. The van der Waals surface area contributed by atoms with Crippen LogP contribution in [0.5, 0.6) is 5.75 Å². The first-order chi connectivity index (χ1) is 8.61. The van der Waals surface area contributed by atoms with Gasteiger partial charge in [0.1, 0.15) is 5.75 Å². The van der Waals surface area contributed by atoms with Crippen LogP contribution in [-0.4, -0.2) is 17.9 Å². The first-order valence-electron chi connectivity index (χ1n) is 5.42. The van der Waals surface area contributed by atoms with E-state index in [1.807, 2.05) is 6.92 Å². The quantitative estimate of drug-likeness (QED) is 0.796. The van der Waals surface area contributed by atoms with Gasteiger partial charge in [-0.2, -0.15) is 0 Å². The van der Waals surface area contributed by atoms with Crippen LogP contribution in [0, 0.1) is 6.92 Å². The van der Waals surface area contributed by atoms with E-state index in [1.165, 1.54) is 7.11 Å². The highest BCUT2D eigenvalue weighted by Gasteiger charge is 2.11. The summed E-state index contributed by atoms with van der Waals surface area (Å²) in [6.45, 7) is 1.85. The summed E-state index contributed by atoms with van der Waals surface area (Å²) in [7, 11) is 1.52. The molecule has 0 radical (unpaired) electrons. The third-order valence-electron chi connectivity index (χ3n) is 2.57. The number of pyridine rings is 1. The van der Waals surface area contributed by atoms with Crippen molar-refractivity contribution in [2.75, 3.05) is 7.11 Å². The number of carbonyl (C=O) groups is 1. The van der Waals surface area contributed by atoms with Gasteiger partial charge in [0, 0.05) is 23.0 Å². The van der Waals surface area contributed by atoms with E-state index in [1.54, 1.807) is 36.5 Å². The van der Waals surface area contributed by atoms with Crippen molar-refractivity contribution in [3.05, 3.63) is 58.4 Å². The lowest BCUT2D eigenvalue weighted by Gasteiger charge is -2.06. The zero-order valence-corrected chi connectivity index (χ0v) is 10.9. The van der Waals surface area contributed by atoms with Crippen LogP contribution in [0.3, 0.4) is 0 Å². The van der Waals surface area contributed by atoms with E-state index in [4.69, 9.17) is 16.3 Å². The minimum atomic E-state index is -0.0736. The van der Waals surface area contributed by atoms with Gasteiger partial charge in [-0.25, -0.2) is 0 Å². The smallest absolute Gasteiger partial charge is 0.193 e. The number of aromatic nitrogens is 1. The Morgan fingerprint density at radius 2 is 1.94 bits per heavy atom. The summed E-state index contributed by atoms with van der Waals surface area (Å²) >= 11 is 5.93. The van der Waals surface area contributed by atoms with Crippen molar-refractivity contribution in [3.8, 4) is 5.75 Å². The van der Waals surface area contributed by atoms with Crippen molar-refractivity contribution in [1.29, 1.82) is 0 Å². The van der Waals surface area contributed by atoms with Crippen LogP contribution in [0.2, 0.25) is 5.02 Å². The molecule has 0 aliphatic carbocycles. The van der Waals surface area contributed by atoms with Gasteiger partial charge < -0.3 is 4.74 Å². The van der Waals surface area contributed by atoms with Crippen LogP contribution in [0.4, 0.5) is 0 Å². The molecule has 4 heteroatoms. The van der Waals surface area contributed by atoms with E-state index in [2.05, 4.69) is 4.98 Å². The normalized spacial score (nSPS) is 10.2. The van der Waals surface area contributed by atoms with Crippen molar-refractivity contribution in [2.24, 2.45) is 0 Å². The Morgan fingerprint density at radius 1 is 1.22 bits per heavy atom. The molecule has 1 heterocycles. The van der Waals surface area contributed by atoms with Crippen molar-refractivity contribution in [2.45, 2.75) is 6.92 Å². The molecule has 0 bridgehead atoms. The van der Waals surface area contributed by atoms with Gasteiger partial charge in [-0.3, -0.25) is 9.78 Å². The van der Waals surface area contributed by atoms with Gasteiger partial charge in [0.05, 0.1) is 12.1 Å². The lowest BCUT2D eigenvalue weighted by Crippen LogP contribution is -2.02. The number of hydrogen-bond acceptors (Lipinski definition) is 3. The largest absolute Gasteiger partial charge is 0.495 e. The molecular formula is C14H12ClNO2. The number of carbonyl (C=O) groups excluding carboxylic acids is 1.